The van der Waals surface area contributed by atoms with Crippen LogP contribution < -0.4 is 10.0 Å². The number of hydrogen-bond donors (Lipinski definition) is 2. The van der Waals surface area contributed by atoms with Gasteiger partial charge in [0, 0.05) is 12.1 Å². The van der Waals surface area contributed by atoms with E-state index in [1.54, 1.807) is 25.1 Å². The average molecular weight is 458 g/mol. The number of carbonyl (C=O) groups is 1. The Hall–Kier alpha value is -2.38. The number of nitrogens with one attached hydrogen (secondary N) is 2. The molecule has 0 saturated carbocycles. The first-order chi connectivity index (χ1) is 15.3. The molecule has 0 aliphatic carbocycles. The summed E-state index contributed by atoms with van der Waals surface area (Å²) in [7, 11) is -3.82. The van der Waals surface area contributed by atoms with Crippen LogP contribution in [0, 0.1) is 20.8 Å². The van der Waals surface area contributed by atoms with Crippen LogP contribution in [-0.2, 0) is 10.0 Å². The summed E-state index contributed by atoms with van der Waals surface area (Å²) in [5.41, 5.74) is 3.39. The molecule has 0 aromatic heterocycles. The quantitative estimate of drug-likeness (QED) is 0.576. The van der Waals surface area contributed by atoms with Gasteiger partial charge in [0.25, 0.3) is 15.9 Å². The van der Waals surface area contributed by atoms with E-state index in [0.717, 1.165) is 37.2 Å². The van der Waals surface area contributed by atoms with Crippen LogP contribution in [0.3, 0.4) is 0 Å². The Balaban J connectivity index is 1.63. The zero-order valence-corrected chi connectivity index (χ0v) is 20.2. The molecule has 1 fully saturated rings. The third-order valence-electron chi connectivity index (χ3n) is 6.22. The molecule has 2 aromatic carbocycles. The number of benzene rings is 2. The summed E-state index contributed by atoms with van der Waals surface area (Å²) in [6.07, 6.45) is 6.01. The third-order valence-corrected chi connectivity index (χ3v) is 7.73. The van der Waals surface area contributed by atoms with Crippen LogP contribution in [0.5, 0.6) is 0 Å². The molecule has 32 heavy (non-hydrogen) atoms. The van der Waals surface area contributed by atoms with E-state index in [2.05, 4.69) is 14.9 Å². The highest BCUT2D eigenvalue weighted by molar-refractivity contribution is 7.92. The minimum absolute atomic E-state index is 0.121. The molecule has 1 amide bonds. The Morgan fingerprint density at radius 1 is 0.969 bits per heavy atom. The maximum Gasteiger partial charge on any atom is 0.262 e. The topological polar surface area (TPSA) is 78.5 Å². The number of nitrogens with zero attached hydrogens (tertiary/aromatic N) is 1. The lowest BCUT2D eigenvalue weighted by atomic mass is 10.1. The predicted molar refractivity (Wildman–Crippen MR) is 130 cm³/mol. The van der Waals surface area contributed by atoms with Gasteiger partial charge in [-0.15, -0.1) is 0 Å². The lowest BCUT2D eigenvalue weighted by molar-refractivity contribution is 0.0951. The smallest absolute Gasteiger partial charge is 0.262 e. The van der Waals surface area contributed by atoms with Crippen LogP contribution in [0.25, 0.3) is 0 Å². The molecule has 0 unspecified atom stereocenters. The first-order valence-corrected chi connectivity index (χ1v) is 13.0. The van der Waals surface area contributed by atoms with E-state index < -0.39 is 10.0 Å². The molecule has 0 atom stereocenters. The van der Waals surface area contributed by atoms with E-state index in [1.807, 2.05) is 26.0 Å². The van der Waals surface area contributed by atoms with Gasteiger partial charge < -0.3 is 10.2 Å². The SMILES string of the molecule is Cc1ccc(C(=O)NCCCN2CCCCCC2)cc1S(=O)(=O)Nc1cccc(C)c1C. The first-order valence-electron chi connectivity index (χ1n) is 11.5. The van der Waals surface area contributed by atoms with Crippen molar-refractivity contribution < 1.29 is 13.2 Å². The summed E-state index contributed by atoms with van der Waals surface area (Å²) < 4.78 is 28.8. The van der Waals surface area contributed by atoms with Crippen LogP contribution in [0.1, 0.15) is 59.2 Å². The van der Waals surface area contributed by atoms with E-state index in [-0.39, 0.29) is 10.8 Å². The zero-order valence-electron chi connectivity index (χ0n) is 19.4. The fourth-order valence-electron chi connectivity index (χ4n) is 4.06. The lowest BCUT2D eigenvalue weighted by Crippen LogP contribution is -2.30. The fourth-order valence-corrected chi connectivity index (χ4v) is 5.45. The number of aryl methyl sites for hydroxylation is 2. The number of anilines is 1. The van der Waals surface area contributed by atoms with Gasteiger partial charge in [-0.3, -0.25) is 9.52 Å². The minimum atomic E-state index is -3.82. The second-order valence-electron chi connectivity index (χ2n) is 8.70. The van der Waals surface area contributed by atoms with Crippen molar-refractivity contribution in [3.63, 3.8) is 0 Å². The van der Waals surface area contributed by atoms with Crippen LogP contribution in [0.2, 0.25) is 0 Å². The van der Waals surface area contributed by atoms with Gasteiger partial charge in [0.15, 0.2) is 0 Å². The summed E-state index contributed by atoms with van der Waals surface area (Å²) in [6, 6.07) is 10.3. The molecule has 0 radical (unpaired) electrons. The molecule has 1 saturated heterocycles. The fraction of sp³-hybridized carbons (Fsp3) is 0.480. The van der Waals surface area contributed by atoms with Crippen molar-refractivity contribution in [2.24, 2.45) is 0 Å². The number of carbonyl (C=O) groups excluding carboxylic acids is 1. The molecule has 1 aliphatic heterocycles. The highest BCUT2D eigenvalue weighted by Crippen LogP contribution is 2.24. The number of sulfonamides is 1. The Morgan fingerprint density at radius 3 is 2.41 bits per heavy atom. The second-order valence-corrected chi connectivity index (χ2v) is 10.3. The molecule has 2 N–H and O–H groups in total. The van der Waals surface area contributed by atoms with Crippen LogP contribution in [0.4, 0.5) is 5.69 Å². The standard InChI is InChI=1S/C25H35N3O3S/c1-19-10-8-11-23(21(19)3)27-32(30,31)24-18-22(13-12-20(24)2)25(29)26-14-9-17-28-15-6-4-5-7-16-28/h8,10-13,18,27H,4-7,9,14-17H2,1-3H3,(H,26,29). The van der Waals surface area contributed by atoms with Crippen LogP contribution in [0.15, 0.2) is 41.3 Å². The number of likely N-dealkylation sites (tertiary alicyclic amines) is 1. The molecule has 0 bridgehead atoms. The van der Waals surface area contributed by atoms with Gasteiger partial charge in [-0.1, -0.05) is 31.0 Å². The maximum atomic E-state index is 13.1. The summed E-state index contributed by atoms with van der Waals surface area (Å²) in [5, 5.41) is 2.94. The molecule has 0 spiro atoms. The molecular weight excluding hydrogens is 422 g/mol. The lowest BCUT2D eigenvalue weighted by Gasteiger charge is -2.19. The summed E-state index contributed by atoms with van der Waals surface area (Å²) in [4.78, 5) is 15.2. The van der Waals surface area contributed by atoms with E-state index in [9.17, 15) is 13.2 Å². The van der Waals surface area contributed by atoms with E-state index in [4.69, 9.17) is 0 Å². The van der Waals surface area contributed by atoms with E-state index in [0.29, 0.717) is 23.4 Å². The van der Waals surface area contributed by atoms with Crippen molar-refractivity contribution in [2.75, 3.05) is 30.9 Å². The van der Waals surface area contributed by atoms with Gasteiger partial charge >= 0.3 is 0 Å². The molecule has 6 nitrogen and oxygen atoms in total. The Labute approximate surface area is 192 Å². The maximum absolute atomic E-state index is 13.1. The van der Waals surface area contributed by atoms with Crippen molar-refractivity contribution in [2.45, 2.75) is 57.8 Å². The number of hydrogen-bond acceptors (Lipinski definition) is 4. The molecule has 1 aliphatic rings. The molecule has 2 aromatic rings. The molecule has 174 valence electrons. The van der Waals surface area contributed by atoms with Crippen LogP contribution in [-0.4, -0.2) is 45.4 Å². The van der Waals surface area contributed by atoms with Crippen molar-refractivity contribution in [1.29, 1.82) is 0 Å². The van der Waals surface area contributed by atoms with Crippen LogP contribution >= 0.6 is 0 Å². The van der Waals surface area contributed by atoms with Gasteiger partial charge in [-0.05, 0) is 94.6 Å². The average Bonchev–Trinajstić information content (AvgIpc) is 3.03. The van der Waals surface area contributed by atoms with Gasteiger partial charge in [0.2, 0.25) is 0 Å². The van der Waals surface area contributed by atoms with E-state index >= 15 is 0 Å². The van der Waals surface area contributed by atoms with Crippen molar-refractivity contribution in [1.82, 2.24) is 10.2 Å². The van der Waals surface area contributed by atoms with Crippen molar-refractivity contribution in [3.05, 3.63) is 58.7 Å². The second kappa shape index (κ2) is 11.0. The predicted octanol–water partition coefficient (Wildman–Crippen LogP) is 4.41. The highest BCUT2D eigenvalue weighted by Gasteiger charge is 2.20. The van der Waals surface area contributed by atoms with Gasteiger partial charge in [0.1, 0.15) is 0 Å². The normalized spacial score (nSPS) is 15.2. The number of rotatable bonds is 8. The molecule has 7 heteroatoms. The Morgan fingerprint density at radius 2 is 1.69 bits per heavy atom. The largest absolute Gasteiger partial charge is 0.352 e. The Kier molecular flexibility index (Phi) is 8.32. The first kappa shape index (κ1) is 24.3. The van der Waals surface area contributed by atoms with Gasteiger partial charge in [0.05, 0.1) is 10.6 Å². The highest BCUT2D eigenvalue weighted by atomic mass is 32.2. The van der Waals surface area contributed by atoms with E-state index in [1.165, 1.54) is 31.7 Å². The molecule has 3 rings (SSSR count). The summed E-state index contributed by atoms with van der Waals surface area (Å²) in [5.74, 6) is -0.246. The molecular formula is C25H35N3O3S. The van der Waals surface area contributed by atoms with Gasteiger partial charge in [-0.25, -0.2) is 8.42 Å². The summed E-state index contributed by atoms with van der Waals surface area (Å²) >= 11 is 0. The Bertz CT molecular complexity index is 1040. The molecule has 1 heterocycles. The summed E-state index contributed by atoms with van der Waals surface area (Å²) in [6.45, 7) is 9.40. The third kappa shape index (κ3) is 6.33. The zero-order chi connectivity index (χ0) is 23.1. The van der Waals surface area contributed by atoms with Crippen molar-refractivity contribution >= 4 is 21.6 Å². The monoisotopic (exact) mass is 457 g/mol. The van der Waals surface area contributed by atoms with Crippen molar-refractivity contribution in [3.8, 4) is 0 Å². The minimum Gasteiger partial charge on any atom is -0.352 e. The number of amides is 1. The van der Waals surface area contributed by atoms with Gasteiger partial charge in [-0.2, -0.15) is 0 Å².